The van der Waals surface area contributed by atoms with E-state index in [0.29, 0.717) is 0 Å². The third-order valence-electron chi connectivity index (χ3n) is 7.62. The van der Waals surface area contributed by atoms with E-state index in [1.165, 1.54) is 58.3 Å². The van der Waals surface area contributed by atoms with Crippen molar-refractivity contribution in [1.82, 2.24) is 9.80 Å². The third-order valence-corrected chi connectivity index (χ3v) is 7.62. The average Bonchev–Trinajstić information content (AvgIpc) is 2.85. The fourth-order valence-corrected chi connectivity index (χ4v) is 6.01. The normalized spacial score (nSPS) is 22.5. The van der Waals surface area contributed by atoms with E-state index in [1.54, 1.807) is 19.2 Å². The molecule has 0 aromatic heterocycles. The molecule has 2 fully saturated rings. The Morgan fingerprint density at radius 1 is 1.03 bits per heavy atom. The lowest BCUT2D eigenvalue weighted by atomic mass is 9.79. The number of nitro benzene ring substituents is 1. The van der Waals surface area contributed by atoms with Gasteiger partial charge in [-0.15, -0.1) is 0 Å². The van der Waals surface area contributed by atoms with E-state index >= 15 is 0 Å². The second-order valence-electron chi connectivity index (χ2n) is 9.34. The topological polar surface area (TPSA) is 58.9 Å². The number of nitro groups is 1. The van der Waals surface area contributed by atoms with Crippen LogP contribution in [0.5, 0.6) is 5.75 Å². The molecule has 1 heterocycles. The van der Waals surface area contributed by atoms with E-state index in [9.17, 15) is 10.1 Å². The van der Waals surface area contributed by atoms with E-state index in [4.69, 9.17) is 4.74 Å². The molecule has 0 bridgehead atoms. The highest BCUT2D eigenvalue weighted by molar-refractivity contribution is 5.55. The number of benzene rings is 1. The average molecular weight is 446 g/mol. The Morgan fingerprint density at radius 3 is 2.41 bits per heavy atom. The minimum Gasteiger partial charge on any atom is -0.496 e. The van der Waals surface area contributed by atoms with Crippen LogP contribution in [0.1, 0.15) is 88.7 Å². The van der Waals surface area contributed by atoms with E-state index in [-0.39, 0.29) is 16.5 Å². The Balaban J connectivity index is 0.00000141. The van der Waals surface area contributed by atoms with Gasteiger partial charge in [-0.1, -0.05) is 33.1 Å². The molecular weight excluding hydrogens is 402 g/mol. The van der Waals surface area contributed by atoms with Crippen molar-refractivity contribution in [1.29, 1.82) is 0 Å². The fourth-order valence-electron chi connectivity index (χ4n) is 6.01. The van der Waals surface area contributed by atoms with Gasteiger partial charge < -0.3 is 9.64 Å². The molecule has 1 aliphatic heterocycles. The lowest BCUT2D eigenvalue weighted by molar-refractivity contribution is -0.385. The van der Waals surface area contributed by atoms with Crippen LogP contribution in [0.15, 0.2) is 12.1 Å². The van der Waals surface area contributed by atoms with Crippen LogP contribution >= 0.6 is 0 Å². The first kappa shape index (κ1) is 25.0. The van der Waals surface area contributed by atoms with Gasteiger partial charge in [0.2, 0.25) is 0 Å². The lowest BCUT2D eigenvalue weighted by Gasteiger charge is -2.41. The molecule has 0 N–H and O–H groups in total. The summed E-state index contributed by atoms with van der Waals surface area (Å²) < 4.78 is 5.52. The maximum atomic E-state index is 11.7. The van der Waals surface area contributed by atoms with Crippen molar-refractivity contribution < 1.29 is 9.66 Å². The molecule has 6 nitrogen and oxygen atoms in total. The lowest BCUT2D eigenvalue weighted by Crippen LogP contribution is -2.50. The molecule has 32 heavy (non-hydrogen) atoms. The molecule has 2 aliphatic carbocycles. The number of rotatable bonds is 7. The number of fused-ring (bicyclic) bond motifs is 1. The second kappa shape index (κ2) is 12.5. The van der Waals surface area contributed by atoms with Crippen molar-refractivity contribution in [2.24, 2.45) is 0 Å². The molecule has 6 heteroatoms. The van der Waals surface area contributed by atoms with Crippen molar-refractivity contribution in [3.63, 3.8) is 0 Å². The maximum Gasteiger partial charge on any atom is 0.273 e. The van der Waals surface area contributed by atoms with Crippen LogP contribution in [0.3, 0.4) is 0 Å². The summed E-state index contributed by atoms with van der Waals surface area (Å²) >= 11 is 0. The van der Waals surface area contributed by atoms with Crippen LogP contribution in [0.25, 0.3) is 0 Å². The Hall–Kier alpha value is -1.66. The van der Waals surface area contributed by atoms with Gasteiger partial charge in [0.05, 0.1) is 12.0 Å². The molecule has 1 unspecified atom stereocenters. The highest BCUT2D eigenvalue weighted by atomic mass is 16.6. The largest absolute Gasteiger partial charge is 0.496 e. The summed E-state index contributed by atoms with van der Waals surface area (Å²) in [7, 11) is 1.66. The van der Waals surface area contributed by atoms with Gasteiger partial charge >= 0.3 is 0 Å². The summed E-state index contributed by atoms with van der Waals surface area (Å²) in [6.45, 7) is 9.87. The quantitative estimate of drug-likeness (QED) is 0.393. The monoisotopic (exact) mass is 445 g/mol. The van der Waals surface area contributed by atoms with Gasteiger partial charge in [-0.3, -0.25) is 15.0 Å². The summed E-state index contributed by atoms with van der Waals surface area (Å²) in [4.78, 5) is 16.8. The predicted molar refractivity (Wildman–Crippen MR) is 131 cm³/mol. The molecule has 0 spiro atoms. The minimum atomic E-state index is -0.207. The second-order valence-corrected chi connectivity index (χ2v) is 9.34. The zero-order valence-corrected chi connectivity index (χ0v) is 20.5. The number of methoxy groups -OCH3 is 1. The number of hydrogen-bond acceptors (Lipinski definition) is 5. The minimum absolute atomic E-state index is 0.207. The Morgan fingerprint density at radius 2 is 1.75 bits per heavy atom. The van der Waals surface area contributed by atoms with Crippen LogP contribution in [-0.2, 0) is 6.42 Å². The standard InChI is InChI=1S/C24H37N3O3.C2H6/c1-30-23-13-12-22(27(28)29)24-19(7-5-11-21(23)24)8-6-14-25-15-17-26(18-16-25)20-9-3-2-4-10-20;1-2/h12-13,19-20H,2-11,14-18H2,1H3;1-2H3. The number of piperazine rings is 1. The molecule has 1 atom stereocenters. The highest BCUT2D eigenvalue weighted by Gasteiger charge is 2.31. The molecule has 1 saturated carbocycles. The SMILES string of the molecule is CC.COc1ccc([N+](=O)[O-])c2c1CCCC2CCCN1CCN(C2CCCCC2)CC1. The van der Waals surface area contributed by atoms with Crippen LogP contribution in [-0.4, -0.2) is 60.6 Å². The van der Waals surface area contributed by atoms with Gasteiger partial charge in [-0.25, -0.2) is 0 Å². The summed E-state index contributed by atoms with van der Waals surface area (Å²) in [5.74, 6) is 1.10. The van der Waals surface area contributed by atoms with Crippen LogP contribution in [0.2, 0.25) is 0 Å². The summed E-state index contributed by atoms with van der Waals surface area (Å²) in [6.07, 6.45) is 12.2. The smallest absolute Gasteiger partial charge is 0.273 e. The fraction of sp³-hybridized carbons (Fsp3) is 0.769. The molecule has 0 amide bonds. The molecule has 1 saturated heterocycles. The molecule has 1 aromatic carbocycles. The number of ether oxygens (including phenoxy) is 1. The number of hydrogen-bond donors (Lipinski definition) is 0. The molecule has 1 aromatic rings. The number of nitrogens with zero attached hydrogens (tertiary/aromatic N) is 3. The first-order valence-electron chi connectivity index (χ1n) is 13.0. The predicted octanol–water partition coefficient (Wildman–Crippen LogP) is 5.78. The molecule has 4 rings (SSSR count). The van der Waals surface area contributed by atoms with Crippen molar-refractivity contribution in [2.75, 3.05) is 39.8 Å². The van der Waals surface area contributed by atoms with Crippen molar-refractivity contribution >= 4 is 5.69 Å². The van der Waals surface area contributed by atoms with E-state index < -0.39 is 0 Å². The Bertz CT molecular complexity index is 725. The van der Waals surface area contributed by atoms with Crippen LogP contribution in [0.4, 0.5) is 5.69 Å². The first-order chi connectivity index (χ1) is 15.7. The van der Waals surface area contributed by atoms with Gasteiger partial charge in [0, 0.05) is 49.4 Å². The Labute approximate surface area is 194 Å². The summed E-state index contributed by atoms with van der Waals surface area (Å²) in [5, 5.41) is 11.7. The summed E-state index contributed by atoms with van der Waals surface area (Å²) in [5.41, 5.74) is 2.31. The van der Waals surface area contributed by atoms with Crippen molar-refractivity contribution in [3.8, 4) is 5.75 Å². The van der Waals surface area contributed by atoms with E-state index in [2.05, 4.69) is 9.80 Å². The summed E-state index contributed by atoms with van der Waals surface area (Å²) in [6, 6.07) is 4.24. The molecule has 180 valence electrons. The maximum absolute atomic E-state index is 11.7. The molecule has 3 aliphatic rings. The van der Waals surface area contributed by atoms with E-state index in [1.807, 2.05) is 13.8 Å². The third kappa shape index (κ3) is 6.02. The van der Waals surface area contributed by atoms with Crippen molar-refractivity contribution in [2.45, 2.75) is 90.0 Å². The molecule has 0 radical (unpaired) electrons. The Kier molecular flexibility index (Phi) is 9.79. The van der Waals surface area contributed by atoms with Gasteiger partial charge in [-0.2, -0.15) is 0 Å². The van der Waals surface area contributed by atoms with Gasteiger partial charge in [0.25, 0.3) is 5.69 Å². The highest BCUT2D eigenvalue weighted by Crippen LogP contribution is 2.44. The zero-order chi connectivity index (χ0) is 22.9. The van der Waals surface area contributed by atoms with Gasteiger partial charge in [-0.05, 0) is 63.5 Å². The van der Waals surface area contributed by atoms with Crippen molar-refractivity contribution in [3.05, 3.63) is 33.4 Å². The van der Waals surface area contributed by atoms with Crippen LogP contribution < -0.4 is 4.74 Å². The van der Waals surface area contributed by atoms with E-state index in [0.717, 1.165) is 61.6 Å². The zero-order valence-electron chi connectivity index (χ0n) is 20.5. The van der Waals surface area contributed by atoms with Gasteiger partial charge in [0.1, 0.15) is 5.75 Å². The van der Waals surface area contributed by atoms with Gasteiger partial charge in [0.15, 0.2) is 0 Å². The first-order valence-corrected chi connectivity index (χ1v) is 13.0. The molecular formula is C26H43N3O3. The van der Waals surface area contributed by atoms with Crippen LogP contribution in [0, 0.1) is 10.1 Å².